The number of amides is 1. The quantitative estimate of drug-likeness (QED) is 0.789. The van der Waals surface area contributed by atoms with E-state index in [0.717, 1.165) is 11.1 Å². The zero-order chi connectivity index (χ0) is 18.1. The first-order valence-corrected chi connectivity index (χ1v) is 8.11. The van der Waals surface area contributed by atoms with Gasteiger partial charge < -0.3 is 10.1 Å². The highest BCUT2D eigenvalue weighted by molar-refractivity contribution is 5.87. The van der Waals surface area contributed by atoms with E-state index in [0.29, 0.717) is 0 Å². The van der Waals surface area contributed by atoms with Crippen LogP contribution in [0.25, 0.3) is 0 Å². The number of rotatable bonds is 7. The molecule has 0 heterocycles. The van der Waals surface area contributed by atoms with Gasteiger partial charge in [-0.3, -0.25) is 4.79 Å². The SMILES string of the molecule is CCOC(=O)C(C#N)NC(=O)CC(c1ccccc1)c1ccccc1. The van der Waals surface area contributed by atoms with Crippen LogP contribution in [0.2, 0.25) is 0 Å². The maximum Gasteiger partial charge on any atom is 0.343 e. The van der Waals surface area contributed by atoms with E-state index < -0.39 is 12.0 Å². The third-order valence-electron chi connectivity index (χ3n) is 3.75. The minimum atomic E-state index is -1.29. The van der Waals surface area contributed by atoms with E-state index in [9.17, 15) is 9.59 Å². The fraction of sp³-hybridized carbons (Fsp3) is 0.250. The molecule has 5 heteroatoms. The molecule has 0 saturated carbocycles. The Morgan fingerprint density at radius 3 is 2.00 bits per heavy atom. The monoisotopic (exact) mass is 336 g/mol. The second-order valence-electron chi connectivity index (χ2n) is 5.46. The second-order valence-corrected chi connectivity index (χ2v) is 5.46. The summed E-state index contributed by atoms with van der Waals surface area (Å²) in [4.78, 5) is 24.1. The Hall–Kier alpha value is -3.13. The van der Waals surface area contributed by atoms with Crippen LogP contribution in [-0.2, 0) is 14.3 Å². The van der Waals surface area contributed by atoms with Crippen molar-refractivity contribution in [2.24, 2.45) is 0 Å². The number of hydrogen-bond acceptors (Lipinski definition) is 4. The first-order valence-electron chi connectivity index (χ1n) is 8.11. The molecule has 0 aliphatic rings. The molecule has 0 saturated heterocycles. The van der Waals surface area contributed by atoms with Gasteiger partial charge in [-0.1, -0.05) is 60.7 Å². The summed E-state index contributed by atoms with van der Waals surface area (Å²) in [6.07, 6.45) is 0.131. The highest BCUT2D eigenvalue weighted by Crippen LogP contribution is 2.27. The third-order valence-corrected chi connectivity index (χ3v) is 3.75. The van der Waals surface area contributed by atoms with Crippen LogP contribution in [0.15, 0.2) is 60.7 Å². The summed E-state index contributed by atoms with van der Waals surface area (Å²) in [5.41, 5.74) is 1.99. The van der Waals surface area contributed by atoms with E-state index in [1.54, 1.807) is 13.0 Å². The molecule has 0 bridgehead atoms. The minimum Gasteiger partial charge on any atom is -0.464 e. The molecule has 5 nitrogen and oxygen atoms in total. The van der Waals surface area contributed by atoms with Gasteiger partial charge in [0.1, 0.15) is 0 Å². The van der Waals surface area contributed by atoms with Gasteiger partial charge in [0, 0.05) is 12.3 Å². The number of benzene rings is 2. The average molecular weight is 336 g/mol. The van der Waals surface area contributed by atoms with Crippen LogP contribution in [0.1, 0.15) is 30.4 Å². The number of ether oxygens (including phenoxy) is 1. The molecule has 1 atom stereocenters. The molecule has 128 valence electrons. The molecule has 2 aromatic rings. The first-order chi connectivity index (χ1) is 12.2. The molecule has 0 aliphatic heterocycles. The fourth-order valence-corrected chi connectivity index (χ4v) is 2.57. The van der Waals surface area contributed by atoms with Crippen molar-refractivity contribution in [1.29, 1.82) is 5.26 Å². The Labute approximate surface area is 147 Å². The van der Waals surface area contributed by atoms with Crippen LogP contribution in [-0.4, -0.2) is 24.5 Å². The van der Waals surface area contributed by atoms with E-state index in [1.807, 2.05) is 60.7 Å². The topological polar surface area (TPSA) is 79.2 Å². The highest BCUT2D eigenvalue weighted by atomic mass is 16.5. The molecule has 0 radical (unpaired) electrons. The maximum atomic E-state index is 12.4. The van der Waals surface area contributed by atoms with Crippen LogP contribution in [0.5, 0.6) is 0 Å². The standard InChI is InChI=1S/C20H20N2O3/c1-2-25-20(24)18(14-21)22-19(23)13-17(15-9-5-3-6-10-15)16-11-7-4-8-12-16/h3-12,17-18H,2,13H2,1H3,(H,22,23). The maximum absolute atomic E-state index is 12.4. The molecule has 0 fully saturated rings. The minimum absolute atomic E-state index is 0.131. The van der Waals surface area contributed by atoms with Crippen molar-refractivity contribution in [2.75, 3.05) is 6.61 Å². The summed E-state index contributed by atoms with van der Waals surface area (Å²) in [7, 11) is 0. The van der Waals surface area contributed by atoms with Crippen LogP contribution in [0.4, 0.5) is 0 Å². The van der Waals surface area contributed by atoms with Crippen molar-refractivity contribution < 1.29 is 14.3 Å². The fourth-order valence-electron chi connectivity index (χ4n) is 2.57. The second kappa shape index (κ2) is 9.24. The number of carbonyl (C=O) groups is 2. The van der Waals surface area contributed by atoms with Crippen molar-refractivity contribution in [3.05, 3.63) is 71.8 Å². The lowest BCUT2D eigenvalue weighted by atomic mass is 9.88. The molecule has 2 aromatic carbocycles. The van der Waals surface area contributed by atoms with Gasteiger partial charge in [0.15, 0.2) is 0 Å². The number of carbonyl (C=O) groups excluding carboxylic acids is 2. The smallest absolute Gasteiger partial charge is 0.343 e. The van der Waals surface area contributed by atoms with E-state index in [2.05, 4.69) is 5.32 Å². The molecular formula is C20H20N2O3. The average Bonchev–Trinajstić information content (AvgIpc) is 2.65. The number of nitriles is 1. The first kappa shape index (κ1) is 18.2. The molecule has 1 N–H and O–H groups in total. The summed E-state index contributed by atoms with van der Waals surface area (Å²) < 4.78 is 4.79. The molecule has 2 rings (SSSR count). The summed E-state index contributed by atoms with van der Waals surface area (Å²) in [5, 5.41) is 11.5. The van der Waals surface area contributed by atoms with Gasteiger partial charge in [-0.05, 0) is 18.1 Å². The van der Waals surface area contributed by atoms with Gasteiger partial charge >= 0.3 is 5.97 Å². The highest BCUT2D eigenvalue weighted by Gasteiger charge is 2.24. The lowest BCUT2D eigenvalue weighted by Crippen LogP contribution is -2.41. The van der Waals surface area contributed by atoms with Crippen molar-refractivity contribution >= 4 is 11.9 Å². The summed E-state index contributed by atoms with van der Waals surface area (Å²) >= 11 is 0. The predicted octanol–water partition coefficient (Wildman–Crippen LogP) is 2.78. The van der Waals surface area contributed by atoms with Crippen molar-refractivity contribution in [1.82, 2.24) is 5.32 Å². The van der Waals surface area contributed by atoms with Gasteiger partial charge in [-0.2, -0.15) is 5.26 Å². The normalized spacial score (nSPS) is 11.4. The lowest BCUT2D eigenvalue weighted by molar-refractivity contribution is -0.145. The molecule has 1 unspecified atom stereocenters. The van der Waals surface area contributed by atoms with Crippen molar-refractivity contribution in [3.8, 4) is 6.07 Å². The molecule has 0 spiro atoms. The molecule has 0 aliphatic carbocycles. The number of nitrogens with zero attached hydrogens (tertiary/aromatic N) is 1. The van der Waals surface area contributed by atoms with Crippen LogP contribution < -0.4 is 5.32 Å². The Kier molecular flexibility index (Phi) is 6.73. The largest absolute Gasteiger partial charge is 0.464 e. The Bertz CT molecular complexity index is 699. The van der Waals surface area contributed by atoms with E-state index in [1.165, 1.54) is 0 Å². The van der Waals surface area contributed by atoms with Gasteiger partial charge in [0.25, 0.3) is 0 Å². The van der Waals surface area contributed by atoms with E-state index in [-0.39, 0.29) is 24.9 Å². The third kappa shape index (κ3) is 5.18. The van der Waals surface area contributed by atoms with E-state index >= 15 is 0 Å². The van der Waals surface area contributed by atoms with Crippen LogP contribution >= 0.6 is 0 Å². The van der Waals surface area contributed by atoms with Crippen molar-refractivity contribution in [2.45, 2.75) is 25.3 Å². The van der Waals surface area contributed by atoms with Gasteiger partial charge in [0.2, 0.25) is 11.9 Å². The van der Waals surface area contributed by atoms with Crippen LogP contribution in [0, 0.1) is 11.3 Å². The van der Waals surface area contributed by atoms with Crippen molar-refractivity contribution in [3.63, 3.8) is 0 Å². The molecule has 25 heavy (non-hydrogen) atoms. The zero-order valence-electron chi connectivity index (χ0n) is 14.0. The Balaban J connectivity index is 2.16. The lowest BCUT2D eigenvalue weighted by Gasteiger charge is -2.18. The molecular weight excluding hydrogens is 316 g/mol. The van der Waals surface area contributed by atoms with Crippen LogP contribution in [0.3, 0.4) is 0 Å². The Morgan fingerprint density at radius 1 is 1.04 bits per heavy atom. The van der Waals surface area contributed by atoms with Gasteiger partial charge in [-0.15, -0.1) is 0 Å². The zero-order valence-corrected chi connectivity index (χ0v) is 14.0. The predicted molar refractivity (Wildman–Crippen MR) is 93.5 cm³/mol. The molecule has 0 aromatic heterocycles. The van der Waals surface area contributed by atoms with E-state index in [4.69, 9.17) is 10.00 Å². The molecule has 1 amide bonds. The number of esters is 1. The van der Waals surface area contributed by atoms with Gasteiger partial charge in [-0.25, -0.2) is 4.79 Å². The summed E-state index contributed by atoms with van der Waals surface area (Å²) in [6.45, 7) is 1.80. The number of nitrogens with one attached hydrogen (secondary N) is 1. The van der Waals surface area contributed by atoms with Gasteiger partial charge in [0.05, 0.1) is 12.7 Å². The summed E-state index contributed by atoms with van der Waals surface area (Å²) in [6, 6.07) is 19.8. The Morgan fingerprint density at radius 2 is 1.56 bits per heavy atom. The summed E-state index contributed by atoms with van der Waals surface area (Å²) in [5.74, 6) is -1.28. The number of hydrogen-bond donors (Lipinski definition) is 1.